The fourth-order valence-corrected chi connectivity index (χ4v) is 4.27. The number of nitrogens with zero attached hydrogens (tertiary/aromatic N) is 3. The van der Waals surface area contributed by atoms with Gasteiger partial charge in [0.05, 0.1) is 18.6 Å². The summed E-state index contributed by atoms with van der Waals surface area (Å²) in [7, 11) is 3.40. The summed E-state index contributed by atoms with van der Waals surface area (Å²) in [6.45, 7) is 6.98. The molecule has 28 heavy (non-hydrogen) atoms. The maximum Gasteiger partial charge on any atom is 0.225 e. The zero-order valence-electron chi connectivity index (χ0n) is 16.7. The highest BCUT2D eigenvalue weighted by atomic mass is 35.5. The fraction of sp³-hybridized carbons (Fsp3) is 0.429. The van der Waals surface area contributed by atoms with E-state index < -0.39 is 0 Å². The molecule has 3 rings (SSSR count). The van der Waals surface area contributed by atoms with Crippen molar-refractivity contribution in [1.29, 1.82) is 0 Å². The van der Waals surface area contributed by atoms with Gasteiger partial charge in [0.1, 0.15) is 10.6 Å². The van der Waals surface area contributed by atoms with E-state index in [1.807, 2.05) is 0 Å². The number of rotatable bonds is 9. The van der Waals surface area contributed by atoms with Crippen molar-refractivity contribution < 1.29 is 9.47 Å². The van der Waals surface area contributed by atoms with Gasteiger partial charge in [0.25, 0.3) is 0 Å². The normalized spacial score (nSPS) is 11.5. The minimum absolute atomic E-state index is 0.255. The van der Waals surface area contributed by atoms with Gasteiger partial charge in [-0.25, -0.2) is 4.98 Å². The summed E-state index contributed by atoms with van der Waals surface area (Å²) in [5.41, 5.74) is 3.60. The standard InChI is InChI=1S/C21H26ClN3O2S/c1-14(2)15-5-7-16(8-6-15)17-13-28-20-18(17)19(23-21(22)24-20)25(9-11-26-3)10-12-27-4/h5-8,13-14H,9-12H2,1-4H3. The van der Waals surface area contributed by atoms with Gasteiger partial charge in [-0.3, -0.25) is 0 Å². The second-order valence-corrected chi connectivity index (χ2v) is 8.09. The molecule has 0 aliphatic heterocycles. The van der Waals surface area contributed by atoms with Crippen LogP contribution in [0.1, 0.15) is 25.3 Å². The highest BCUT2D eigenvalue weighted by Crippen LogP contribution is 2.39. The van der Waals surface area contributed by atoms with Crippen molar-refractivity contribution in [2.24, 2.45) is 0 Å². The van der Waals surface area contributed by atoms with E-state index in [-0.39, 0.29) is 5.28 Å². The zero-order valence-corrected chi connectivity index (χ0v) is 18.3. The van der Waals surface area contributed by atoms with Crippen LogP contribution in [0.3, 0.4) is 0 Å². The third-order valence-corrected chi connectivity index (χ3v) is 5.75. The SMILES string of the molecule is COCCN(CCOC)c1nc(Cl)nc2scc(-c3ccc(C(C)C)cc3)c12. The van der Waals surface area contributed by atoms with Crippen molar-refractivity contribution in [2.45, 2.75) is 19.8 Å². The lowest BCUT2D eigenvalue weighted by molar-refractivity contribution is 0.190. The smallest absolute Gasteiger partial charge is 0.225 e. The average Bonchev–Trinajstić information content (AvgIpc) is 3.11. The summed E-state index contributed by atoms with van der Waals surface area (Å²) in [4.78, 5) is 12.1. The fourth-order valence-electron chi connectivity index (χ4n) is 3.11. The lowest BCUT2D eigenvalue weighted by Gasteiger charge is -2.24. The molecule has 0 amide bonds. The highest BCUT2D eigenvalue weighted by molar-refractivity contribution is 7.17. The minimum Gasteiger partial charge on any atom is -0.383 e. The Bertz CT molecular complexity index is 904. The first kappa shape index (κ1) is 21.0. The van der Waals surface area contributed by atoms with Crippen LogP contribution in [-0.2, 0) is 9.47 Å². The Morgan fingerprint density at radius 3 is 2.25 bits per heavy atom. The maximum atomic E-state index is 6.24. The number of aromatic nitrogens is 2. The largest absolute Gasteiger partial charge is 0.383 e. The molecule has 2 aromatic heterocycles. The number of hydrogen-bond donors (Lipinski definition) is 0. The van der Waals surface area contributed by atoms with Crippen molar-refractivity contribution in [3.63, 3.8) is 0 Å². The summed E-state index contributed by atoms with van der Waals surface area (Å²) in [5.74, 6) is 1.33. The first-order chi connectivity index (χ1) is 13.5. The molecule has 0 atom stereocenters. The number of hydrogen-bond acceptors (Lipinski definition) is 6. The monoisotopic (exact) mass is 419 g/mol. The summed E-state index contributed by atoms with van der Waals surface area (Å²) >= 11 is 7.83. The van der Waals surface area contributed by atoms with E-state index >= 15 is 0 Å². The average molecular weight is 420 g/mol. The van der Waals surface area contributed by atoms with Crippen molar-refractivity contribution in [3.8, 4) is 11.1 Å². The topological polar surface area (TPSA) is 47.5 Å². The predicted octanol–water partition coefficient (Wildman–Crippen LogP) is 5.23. The molecule has 0 unspecified atom stereocenters. The van der Waals surface area contributed by atoms with Crippen LogP contribution < -0.4 is 4.90 Å². The van der Waals surface area contributed by atoms with Crippen LogP contribution in [0.2, 0.25) is 5.28 Å². The number of fused-ring (bicyclic) bond motifs is 1. The van der Waals surface area contributed by atoms with E-state index in [0.29, 0.717) is 32.2 Å². The molecule has 0 aliphatic carbocycles. The Morgan fingerprint density at radius 2 is 1.68 bits per heavy atom. The van der Waals surface area contributed by atoms with E-state index in [9.17, 15) is 0 Å². The molecule has 0 spiro atoms. The van der Waals surface area contributed by atoms with Crippen molar-refractivity contribution >= 4 is 39.0 Å². The Morgan fingerprint density at radius 1 is 1.04 bits per heavy atom. The van der Waals surface area contributed by atoms with Crippen LogP contribution in [0.25, 0.3) is 21.3 Å². The van der Waals surface area contributed by atoms with Crippen LogP contribution in [0.4, 0.5) is 5.82 Å². The molecule has 2 heterocycles. The Hall–Kier alpha value is -1.73. The van der Waals surface area contributed by atoms with Gasteiger partial charge in [-0.05, 0) is 28.6 Å². The number of benzene rings is 1. The Kier molecular flexibility index (Phi) is 7.24. The minimum atomic E-state index is 0.255. The molecule has 0 saturated carbocycles. The number of methoxy groups -OCH3 is 2. The predicted molar refractivity (Wildman–Crippen MR) is 118 cm³/mol. The number of anilines is 1. The second kappa shape index (κ2) is 9.65. The molecule has 0 radical (unpaired) electrons. The molecule has 3 aromatic rings. The van der Waals surface area contributed by atoms with Crippen LogP contribution >= 0.6 is 22.9 Å². The lowest BCUT2D eigenvalue weighted by atomic mass is 9.99. The van der Waals surface area contributed by atoms with E-state index in [4.69, 9.17) is 21.1 Å². The van der Waals surface area contributed by atoms with Crippen molar-refractivity contribution in [1.82, 2.24) is 9.97 Å². The molecule has 0 N–H and O–H groups in total. The van der Waals surface area contributed by atoms with Gasteiger partial charge in [-0.15, -0.1) is 11.3 Å². The van der Waals surface area contributed by atoms with Gasteiger partial charge in [0, 0.05) is 38.3 Å². The van der Waals surface area contributed by atoms with Gasteiger partial charge >= 0.3 is 0 Å². The van der Waals surface area contributed by atoms with E-state index in [2.05, 4.69) is 58.4 Å². The third-order valence-electron chi connectivity index (χ3n) is 4.71. The van der Waals surface area contributed by atoms with Crippen LogP contribution in [0.5, 0.6) is 0 Å². The number of halogens is 1. The van der Waals surface area contributed by atoms with Crippen LogP contribution in [0.15, 0.2) is 29.6 Å². The van der Waals surface area contributed by atoms with Gasteiger partial charge in [-0.1, -0.05) is 38.1 Å². The molecule has 1 aromatic carbocycles. The van der Waals surface area contributed by atoms with Crippen molar-refractivity contribution in [2.75, 3.05) is 45.4 Å². The molecule has 5 nitrogen and oxygen atoms in total. The first-order valence-corrected chi connectivity index (χ1v) is 10.6. The van der Waals surface area contributed by atoms with E-state index in [0.717, 1.165) is 27.2 Å². The van der Waals surface area contributed by atoms with E-state index in [1.165, 1.54) is 5.56 Å². The van der Waals surface area contributed by atoms with Gasteiger partial charge in [0.2, 0.25) is 5.28 Å². The molecule has 150 valence electrons. The summed E-state index contributed by atoms with van der Waals surface area (Å²) < 4.78 is 10.6. The maximum absolute atomic E-state index is 6.24. The number of thiophene rings is 1. The third kappa shape index (κ3) is 4.63. The summed E-state index contributed by atoms with van der Waals surface area (Å²) in [6, 6.07) is 8.72. The first-order valence-electron chi connectivity index (χ1n) is 9.33. The van der Waals surface area contributed by atoms with Crippen LogP contribution in [-0.4, -0.2) is 50.5 Å². The molecule has 0 fully saturated rings. The molecular weight excluding hydrogens is 394 g/mol. The quantitative estimate of drug-likeness (QED) is 0.444. The van der Waals surface area contributed by atoms with Gasteiger partial charge in [0.15, 0.2) is 0 Å². The van der Waals surface area contributed by atoms with Gasteiger partial charge in [-0.2, -0.15) is 4.98 Å². The molecule has 0 bridgehead atoms. The summed E-state index contributed by atoms with van der Waals surface area (Å²) in [6.07, 6.45) is 0. The van der Waals surface area contributed by atoms with Crippen LogP contribution in [0, 0.1) is 0 Å². The highest BCUT2D eigenvalue weighted by Gasteiger charge is 2.19. The zero-order chi connectivity index (χ0) is 20.1. The number of ether oxygens (including phenoxy) is 2. The lowest BCUT2D eigenvalue weighted by Crippen LogP contribution is -2.31. The second-order valence-electron chi connectivity index (χ2n) is 6.90. The Labute approximate surface area is 175 Å². The van der Waals surface area contributed by atoms with Crippen molar-refractivity contribution in [3.05, 3.63) is 40.5 Å². The molecule has 0 aliphatic rings. The molecule has 7 heteroatoms. The van der Waals surface area contributed by atoms with Gasteiger partial charge < -0.3 is 14.4 Å². The molecule has 0 saturated heterocycles. The van der Waals surface area contributed by atoms with E-state index in [1.54, 1.807) is 25.6 Å². The summed E-state index contributed by atoms with van der Waals surface area (Å²) in [5, 5.41) is 3.42. The molecular formula is C21H26ClN3O2S. The Balaban J connectivity index is 2.10.